The van der Waals surface area contributed by atoms with Crippen LogP contribution in [0.5, 0.6) is 0 Å². The summed E-state index contributed by atoms with van der Waals surface area (Å²) in [6.45, 7) is 7.95. The number of hydrogen-bond donors (Lipinski definition) is 5. The molecule has 0 saturated carbocycles. The second-order valence-electron chi connectivity index (χ2n) is 10.8. The summed E-state index contributed by atoms with van der Waals surface area (Å²) in [5.41, 5.74) is 23.2. The summed E-state index contributed by atoms with van der Waals surface area (Å²) in [5.74, 6) is -0.427. The van der Waals surface area contributed by atoms with Crippen molar-refractivity contribution in [1.82, 2.24) is 15.6 Å². The Labute approximate surface area is 216 Å². The average molecular weight is 509 g/mol. The number of amides is 1. The van der Waals surface area contributed by atoms with Crippen LogP contribution in [0.25, 0.3) is 0 Å². The van der Waals surface area contributed by atoms with Gasteiger partial charge in [-0.05, 0) is 67.5 Å². The summed E-state index contributed by atoms with van der Waals surface area (Å²) in [6, 6.07) is 4.75. The number of Topliss-reactive ketones (excluding diaryl/α,β-unsaturated/α-hetero) is 1. The zero-order chi connectivity index (χ0) is 25.8. The van der Waals surface area contributed by atoms with E-state index in [2.05, 4.69) is 29.5 Å². The number of thioether (sulfide) groups is 1. The molecule has 1 amide bonds. The van der Waals surface area contributed by atoms with Crippen molar-refractivity contribution in [3.05, 3.63) is 52.3 Å². The number of anilines is 1. The lowest BCUT2D eigenvalue weighted by atomic mass is 9.65. The molecule has 1 aromatic carbocycles. The molecule has 5 rings (SSSR count). The molecule has 9 heteroatoms. The van der Waals surface area contributed by atoms with Gasteiger partial charge in [0.1, 0.15) is 5.54 Å². The molecular formula is C27H36N6O2S. The molecule has 0 radical (unpaired) electrons. The number of piperidine rings is 1. The fourth-order valence-electron chi connectivity index (χ4n) is 6.01. The molecule has 1 saturated heterocycles. The largest absolute Gasteiger partial charge is 0.398 e. The molecule has 3 aliphatic rings. The van der Waals surface area contributed by atoms with Gasteiger partial charge >= 0.3 is 0 Å². The van der Waals surface area contributed by atoms with E-state index in [9.17, 15) is 9.59 Å². The highest BCUT2D eigenvalue weighted by molar-refractivity contribution is 8.01. The highest BCUT2D eigenvalue weighted by Gasteiger charge is 2.57. The van der Waals surface area contributed by atoms with Crippen LogP contribution < -0.4 is 27.8 Å². The summed E-state index contributed by atoms with van der Waals surface area (Å²) in [6.07, 6.45) is 4.51. The molecule has 3 heterocycles. The summed E-state index contributed by atoms with van der Waals surface area (Å²) < 4.78 is 0. The lowest BCUT2D eigenvalue weighted by Gasteiger charge is -2.42. The molecule has 0 spiro atoms. The average Bonchev–Trinajstić information content (AvgIpc) is 3.24. The van der Waals surface area contributed by atoms with Crippen LogP contribution in [0.1, 0.15) is 60.6 Å². The first-order valence-corrected chi connectivity index (χ1v) is 13.7. The molecule has 0 bridgehead atoms. The number of nitrogens with two attached hydrogens (primary N) is 3. The number of benzene rings is 1. The Kier molecular flexibility index (Phi) is 6.61. The van der Waals surface area contributed by atoms with Crippen LogP contribution in [0.15, 0.2) is 29.3 Å². The van der Waals surface area contributed by atoms with Gasteiger partial charge in [0.2, 0.25) is 5.91 Å². The Morgan fingerprint density at radius 2 is 2.11 bits per heavy atom. The molecule has 2 aliphatic heterocycles. The van der Waals surface area contributed by atoms with Crippen molar-refractivity contribution >= 4 is 29.1 Å². The van der Waals surface area contributed by atoms with Gasteiger partial charge in [0.05, 0.1) is 11.3 Å². The molecule has 2 aromatic rings. The van der Waals surface area contributed by atoms with Crippen molar-refractivity contribution in [2.75, 3.05) is 18.8 Å². The van der Waals surface area contributed by atoms with Gasteiger partial charge in [-0.1, -0.05) is 19.9 Å². The maximum absolute atomic E-state index is 14.0. The number of hydrogen-bond acceptors (Lipinski definition) is 8. The summed E-state index contributed by atoms with van der Waals surface area (Å²) >= 11 is 1.40. The van der Waals surface area contributed by atoms with Gasteiger partial charge in [-0.3, -0.25) is 14.6 Å². The minimum Gasteiger partial charge on any atom is -0.398 e. The highest BCUT2D eigenvalue weighted by Crippen LogP contribution is 2.56. The molecule has 5 unspecified atom stereocenters. The van der Waals surface area contributed by atoms with Crippen LogP contribution in [0, 0.1) is 12.8 Å². The Hall–Kier alpha value is -2.46. The van der Waals surface area contributed by atoms with Gasteiger partial charge in [0.25, 0.3) is 0 Å². The number of nitrogens with one attached hydrogen (secondary N) is 2. The molecule has 8 N–H and O–H groups in total. The van der Waals surface area contributed by atoms with Crippen molar-refractivity contribution in [2.24, 2.45) is 17.4 Å². The number of carbonyl (C=O) groups excluding carboxylic acids is 2. The standard InChI is InChI=1S/C27H36N6O2S/c1-13(2)9-16-10-14(3)18(12-32-16)27(30)17-6-7-19(28)23-20(17)21(22(29)25(27)34)24(36-23)26(35)33-15-5-4-8-31-11-15/h6-7,10,12-13,15,21-22,24,31H,4-5,8-9,11,28-30H2,1-3H3,(H,33,35). The Balaban J connectivity index is 1.56. The molecule has 192 valence electrons. The first-order chi connectivity index (χ1) is 17.1. The van der Waals surface area contributed by atoms with Gasteiger partial charge in [0.15, 0.2) is 5.78 Å². The maximum atomic E-state index is 14.0. The Morgan fingerprint density at radius 1 is 1.33 bits per heavy atom. The number of pyridine rings is 1. The Bertz CT molecular complexity index is 1210. The van der Waals surface area contributed by atoms with E-state index in [1.807, 2.05) is 19.1 Å². The third kappa shape index (κ3) is 4.02. The second kappa shape index (κ2) is 9.45. The predicted octanol–water partition coefficient (Wildman–Crippen LogP) is 1.71. The molecule has 8 nitrogen and oxygen atoms in total. The first-order valence-electron chi connectivity index (χ1n) is 12.8. The van der Waals surface area contributed by atoms with Crippen molar-refractivity contribution in [1.29, 1.82) is 0 Å². The van der Waals surface area contributed by atoms with E-state index < -0.39 is 22.7 Å². The van der Waals surface area contributed by atoms with Crippen molar-refractivity contribution in [2.45, 2.75) is 73.7 Å². The second-order valence-corrected chi connectivity index (χ2v) is 12.0. The normalized spacial score (nSPS) is 29.3. The van der Waals surface area contributed by atoms with Crippen molar-refractivity contribution < 1.29 is 9.59 Å². The number of ketones is 1. The van der Waals surface area contributed by atoms with Gasteiger partial charge < -0.3 is 27.8 Å². The van der Waals surface area contributed by atoms with E-state index in [-0.39, 0.29) is 17.7 Å². The third-order valence-electron chi connectivity index (χ3n) is 7.75. The highest BCUT2D eigenvalue weighted by atomic mass is 32.2. The number of rotatable bonds is 5. The van der Waals surface area contributed by atoms with E-state index in [1.54, 1.807) is 12.3 Å². The molecular weight excluding hydrogens is 472 g/mol. The Morgan fingerprint density at radius 3 is 2.78 bits per heavy atom. The number of nitrogens with zero attached hydrogens (tertiary/aromatic N) is 1. The topological polar surface area (TPSA) is 149 Å². The van der Waals surface area contributed by atoms with Crippen LogP contribution in [0.4, 0.5) is 5.69 Å². The fourth-order valence-corrected chi connectivity index (χ4v) is 7.47. The van der Waals surface area contributed by atoms with E-state index in [0.29, 0.717) is 22.7 Å². The summed E-state index contributed by atoms with van der Waals surface area (Å²) in [7, 11) is 0. The predicted molar refractivity (Wildman–Crippen MR) is 143 cm³/mol. The molecule has 1 aromatic heterocycles. The minimum atomic E-state index is -1.46. The lowest BCUT2D eigenvalue weighted by molar-refractivity contribution is -0.126. The quantitative estimate of drug-likeness (QED) is 0.383. The van der Waals surface area contributed by atoms with E-state index in [0.717, 1.165) is 54.1 Å². The van der Waals surface area contributed by atoms with Crippen LogP contribution in [-0.4, -0.2) is 47.1 Å². The number of aromatic nitrogens is 1. The van der Waals surface area contributed by atoms with Gasteiger partial charge in [-0.2, -0.15) is 0 Å². The monoisotopic (exact) mass is 508 g/mol. The zero-order valence-electron chi connectivity index (χ0n) is 21.1. The molecule has 1 aliphatic carbocycles. The maximum Gasteiger partial charge on any atom is 0.234 e. The number of nitrogen functional groups attached to an aromatic ring is 1. The number of aryl methyl sites for hydroxylation is 1. The van der Waals surface area contributed by atoms with Crippen LogP contribution in [0.2, 0.25) is 0 Å². The van der Waals surface area contributed by atoms with E-state index >= 15 is 0 Å². The van der Waals surface area contributed by atoms with Gasteiger partial charge in [0, 0.05) is 46.5 Å². The van der Waals surface area contributed by atoms with E-state index in [1.165, 1.54) is 11.8 Å². The fraction of sp³-hybridized carbons (Fsp3) is 0.519. The van der Waals surface area contributed by atoms with Crippen LogP contribution in [-0.2, 0) is 21.5 Å². The van der Waals surface area contributed by atoms with Crippen molar-refractivity contribution in [3.63, 3.8) is 0 Å². The SMILES string of the molecule is Cc1cc(CC(C)C)ncc1C1(N)C(=O)C(N)C2c3c1ccc(N)c3SC2C(=O)NC1CCCNC1. The zero-order valence-corrected chi connectivity index (χ0v) is 22.0. The summed E-state index contributed by atoms with van der Waals surface area (Å²) in [5, 5.41) is 5.95. The number of carbonyl (C=O) groups is 2. The molecule has 36 heavy (non-hydrogen) atoms. The van der Waals surface area contributed by atoms with Crippen molar-refractivity contribution in [3.8, 4) is 0 Å². The lowest BCUT2D eigenvalue weighted by Crippen LogP contribution is -2.61. The molecule has 5 atom stereocenters. The van der Waals surface area contributed by atoms with Gasteiger partial charge in [-0.15, -0.1) is 11.8 Å². The first kappa shape index (κ1) is 25.2. The van der Waals surface area contributed by atoms with Crippen LogP contribution in [0.3, 0.4) is 0 Å². The minimum absolute atomic E-state index is 0.0644. The van der Waals surface area contributed by atoms with Gasteiger partial charge in [-0.25, -0.2) is 0 Å². The smallest absolute Gasteiger partial charge is 0.234 e. The van der Waals surface area contributed by atoms with Crippen LogP contribution >= 0.6 is 11.8 Å². The van der Waals surface area contributed by atoms with E-state index in [4.69, 9.17) is 17.2 Å². The summed E-state index contributed by atoms with van der Waals surface area (Å²) in [4.78, 5) is 32.9. The third-order valence-corrected chi connectivity index (χ3v) is 9.20. The molecule has 1 fully saturated rings.